The van der Waals surface area contributed by atoms with Gasteiger partial charge in [0.05, 0.1) is 0 Å². The van der Waals surface area contributed by atoms with E-state index < -0.39 is 17.9 Å². The third-order valence-electron chi connectivity index (χ3n) is 3.78. The van der Waals surface area contributed by atoms with Gasteiger partial charge in [-0.3, -0.25) is 19.2 Å². The lowest BCUT2D eigenvalue weighted by Crippen LogP contribution is -2.23. The topological polar surface area (TPSA) is 97.7 Å². The summed E-state index contributed by atoms with van der Waals surface area (Å²) in [6, 6.07) is 16.2. The number of hydrogen-bond acceptors (Lipinski definition) is 5. The number of carboxylic acid groups (broad SMARTS) is 1. The van der Waals surface area contributed by atoms with E-state index in [4.69, 9.17) is 21.4 Å². The van der Waals surface area contributed by atoms with E-state index in [-0.39, 0.29) is 31.0 Å². The van der Waals surface area contributed by atoms with Crippen molar-refractivity contribution in [2.45, 2.75) is 33.3 Å². The molecular weight excluding hydrogens is 396 g/mol. The molecular formula is C22H23ClO6. The van der Waals surface area contributed by atoms with Gasteiger partial charge in [-0.1, -0.05) is 54.1 Å². The highest BCUT2D eigenvalue weighted by Gasteiger charge is 2.22. The van der Waals surface area contributed by atoms with E-state index >= 15 is 0 Å². The number of halogens is 1. The van der Waals surface area contributed by atoms with Crippen LogP contribution in [0.25, 0.3) is 0 Å². The van der Waals surface area contributed by atoms with Crippen LogP contribution in [0.5, 0.6) is 0 Å². The molecule has 0 saturated carbocycles. The molecule has 0 aliphatic carbocycles. The Morgan fingerprint density at radius 1 is 0.931 bits per heavy atom. The molecule has 154 valence electrons. The third kappa shape index (κ3) is 10.2. The quantitative estimate of drug-likeness (QED) is 0.516. The summed E-state index contributed by atoms with van der Waals surface area (Å²) in [6.45, 7) is 2.88. The van der Waals surface area contributed by atoms with Gasteiger partial charge in [-0.15, -0.1) is 0 Å². The largest absolute Gasteiger partial charge is 0.481 e. The van der Waals surface area contributed by atoms with Crippen molar-refractivity contribution in [3.8, 4) is 0 Å². The summed E-state index contributed by atoms with van der Waals surface area (Å²) in [5.74, 6) is -3.04. The number of hydrogen-bond donors (Lipinski definition) is 1. The van der Waals surface area contributed by atoms with Gasteiger partial charge in [-0.25, -0.2) is 0 Å². The van der Waals surface area contributed by atoms with Gasteiger partial charge >= 0.3 is 11.9 Å². The van der Waals surface area contributed by atoms with Crippen molar-refractivity contribution in [1.29, 1.82) is 0 Å². The zero-order valence-corrected chi connectivity index (χ0v) is 17.0. The highest BCUT2D eigenvalue weighted by molar-refractivity contribution is 6.30. The monoisotopic (exact) mass is 418 g/mol. The molecule has 0 fully saturated rings. The average Bonchev–Trinajstić information content (AvgIpc) is 2.66. The van der Waals surface area contributed by atoms with Crippen LogP contribution < -0.4 is 0 Å². The van der Waals surface area contributed by atoms with Crippen molar-refractivity contribution in [2.24, 2.45) is 5.92 Å². The van der Waals surface area contributed by atoms with Crippen molar-refractivity contribution in [3.05, 3.63) is 70.7 Å². The number of carboxylic acids is 1. The molecule has 0 bridgehead atoms. The van der Waals surface area contributed by atoms with E-state index in [0.717, 1.165) is 11.1 Å². The number of ketones is 2. The number of rotatable bonds is 8. The smallest absolute Gasteiger partial charge is 0.314 e. The fourth-order valence-corrected chi connectivity index (χ4v) is 2.38. The molecule has 0 aliphatic rings. The van der Waals surface area contributed by atoms with E-state index in [1.165, 1.54) is 13.8 Å². The number of Topliss-reactive ketones (excluding diaryl/α,β-unsaturated/α-hetero) is 2. The molecule has 0 aliphatic heterocycles. The predicted octanol–water partition coefficient (Wildman–Crippen LogP) is 3.88. The number of esters is 1. The molecule has 6 nitrogen and oxygen atoms in total. The second-order valence-corrected chi connectivity index (χ2v) is 6.79. The van der Waals surface area contributed by atoms with Crippen LogP contribution >= 0.6 is 11.6 Å². The van der Waals surface area contributed by atoms with Crippen molar-refractivity contribution in [3.63, 3.8) is 0 Å². The molecule has 0 amide bonds. The fraction of sp³-hybridized carbons (Fsp3) is 0.273. The Morgan fingerprint density at radius 2 is 1.52 bits per heavy atom. The second kappa shape index (κ2) is 12.5. The van der Waals surface area contributed by atoms with Gasteiger partial charge in [0, 0.05) is 5.02 Å². The van der Waals surface area contributed by atoms with Gasteiger partial charge in [0.2, 0.25) is 0 Å². The Labute approximate surface area is 174 Å². The van der Waals surface area contributed by atoms with Crippen molar-refractivity contribution in [1.82, 2.24) is 0 Å². The molecule has 7 heteroatoms. The van der Waals surface area contributed by atoms with Crippen LogP contribution in [0.1, 0.15) is 31.4 Å². The Kier molecular flexibility index (Phi) is 10.3. The normalized spacial score (nSPS) is 10.9. The van der Waals surface area contributed by atoms with Crippen LogP contribution in [0.15, 0.2) is 54.6 Å². The Hall–Kier alpha value is -2.99. The molecule has 0 spiro atoms. The summed E-state index contributed by atoms with van der Waals surface area (Å²) >= 11 is 5.69. The first-order valence-corrected chi connectivity index (χ1v) is 9.23. The maximum Gasteiger partial charge on any atom is 0.314 e. The molecule has 0 aromatic heterocycles. The Bertz CT molecular complexity index is 816. The summed E-state index contributed by atoms with van der Waals surface area (Å²) in [5, 5.41) is 9.40. The number of carbonyl (C=O) groups excluding carboxylic acids is 3. The zero-order chi connectivity index (χ0) is 21.8. The number of aliphatic carboxylic acids is 1. The molecule has 2 aromatic carbocycles. The summed E-state index contributed by atoms with van der Waals surface area (Å²) in [4.78, 5) is 43.4. The average molecular weight is 419 g/mol. The van der Waals surface area contributed by atoms with Crippen molar-refractivity contribution >= 4 is 35.1 Å². The van der Waals surface area contributed by atoms with Crippen LogP contribution in [0, 0.1) is 5.92 Å². The molecule has 0 radical (unpaired) electrons. The molecule has 0 heterocycles. The van der Waals surface area contributed by atoms with Crippen LogP contribution in [0.3, 0.4) is 0 Å². The zero-order valence-electron chi connectivity index (χ0n) is 16.3. The molecule has 2 rings (SSSR count). The highest BCUT2D eigenvalue weighted by atomic mass is 35.5. The standard InChI is InChI=1S/C11H11ClO3.C11H12O3/c1-7(13)10(11(14)15)6-8-2-4-9(12)5-3-8;1-9(12)7-11(13)14-8-10-5-3-2-4-6-10/h2-5,10H,6H2,1H3,(H,14,15);2-6H,7-8H2,1H3. The molecule has 2 aromatic rings. The van der Waals surface area contributed by atoms with Gasteiger partial charge < -0.3 is 9.84 Å². The van der Waals surface area contributed by atoms with Gasteiger partial charge in [0.25, 0.3) is 0 Å². The first-order valence-electron chi connectivity index (χ1n) is 8.85. The van der Waals surface area contributed by atoms with Crippen molar-refractivity contribution < 1.29 is 29.0 Å². The van der Waals surface area contributed by atoms with Crippen LogP contribution in [0.4, 0.5) is 0 Å². The fourth-order valence-electron chi connectivity index (χ4n) is 2.25. The summed E-state index contributed by atoms with van der Waals surface area (Å²) in [7, 11) is 0. The van der Waals surface area contributed by atoms with Gasteiger partial charge in [0.15, 0.2) is 0 Å². The van der Waals surface area contributed by atoms with E-state index in [2.05, 4.69) is 0 Å². The van der Waals surface area contributed by atoms with Crippen LogP contribution in [-0.2, 0) is 36.9 Å². The van der Waals surface area contributed by atoms with Crippen molar-refractivity contribution in [2.75, 3.05) is 0 Å². The third-order valence-corrected chi connectivity index (χ3v) is 4.03. The maximum atomic E-state index is 11.0. The lowest BCUT2D eigenvalue weighted by Gasteiger charge is -2.08. The number of ether oxygens (including phenoxy) is 1. The Balaban J connectivity index is 0.000000291. The highest BCUT2D eigenvalue weighted by Crippen LogP contribution is 2.14. The van der Waals surface area contributed by atoms with Crippen LogP contribution in [-0.4, -0.2) is 28.6 Å². The number of benzene rings is 2. The van der Waals surface area contributed by atoms with Gasteiger partial charge in [-0.2, -0.15) is 0 Å². The summed E-state index contributed by atoms with van der Waals surface area (Å²) in [5.41, 5.74) is 1.71. The van der Waals surface area contributed by atoms with Crippen LogP contribution in [0.2, 0.25) is 5.02 Å². The first kappa shape index (κ1) is 24.0. The molecule has 1 atom stereocenters. The van der Waals surface area contributed by atoms with Gasteiger partial charge in [0.1, 0.15) is 30.5 Å². The summed E-state index contributed by atoms with van der Waals surface area (Å²) < 4.78 is 4.88. The molecule has 29 heavy (non-hydrogen) atoms. The lowest BCUT2D eigenvalue weighted by molar-refractivity contribution is -0.147. The van der Waals surface area contributed by atoms with E-state index in [9.17, 15) is 19.2 Å². The molecule has 1 N–H and O–H groups in total. The first-order chi connectivity index (χ1) is 13.7. The summed E-state index contributed by atoms with van der Waals surface area (Å²) in [6.07, 6.45) is 0.0642. The lowest BCUT2D eigenvalue weighted by atomic mass is 9.96. The minimum Gasteiger partial charge on any atom is -0.481 e. The molecule has 1 unspecified atom stereocenters. The SMILES string of the molecule is CC(=O)C(Cc1ccc(Cl)cc1)C(=O)O.CC(=O)CC(=O)OCc1ccccc1. The second-order valence-electron chi connectivity index (χ2n) is 6.36. The predicted molar refractivity (Wildman–Crippen MR) is 108 cm³/mol. The minimum atomic E-state index is -1.09. The van der Waals surface area contributed by atoms with E-state index in [1.54, 1.807) is 24.3 Å². The maximum absolute atomic E-state index is 11.0. The number of carbonyl (C=O) groups is 4. The Morgan fingerprint density at radius 3 is 2.00 bits per heavy atom. The van der Waals surface area contributed by atoms with Gasteiger partial charge in [-0.05, 0) is 43.5 Å². The van der Waals surface area contributed by atoms with E-state index in [0.29, 0.717) is 5.02 Å². The molecule has 0 saturated heterocycles. The minimum absolute atomic E-state index is 0.146. The van der Waals surface area contributed by atoms with E-state index in [1.807, 2.05) is 30.3 Å².